The highest BCUT2D eigenvalue weighted by Crippen LogP contribution is 2.30. The molecule has 0 bridgehead atoms. The predicted molar refractivity (Wildman–Crippen MR) is 105 cm³/mol. The second-order valence-electron chi connectivity index (χ2n) is 7.19. The fraction of sp³-hybridized carbons (Fsp3) is 0.474. The summed E-state index contributed by atoms with van der Waals surface area (Å²) in [5, 5.41) is 0. The van der Waals surface area contributed by atoms with Gasteiger partial charge >= 0.3 is 17.8 Å². The summed E-state index contributed by atoms with van der Waals surface area (Å²) in [5.41, 5.74) is 1.51. The smallest absolute Gasteiger partial charge is 0.292 e. The molecule has 1 aromatic rings. The van der Waals surface area contributed by atoms with E-state index in [9.17, 15) is 27.6 Å². The molecule has 10 heteroatoms. The number of anilines is 1. The van der Waals surface area contributed by atoms with Crippen molar-refractivity contribution < 1.29 is 27.6 Å². The first kappa shape index (κ1) is 21.0. The van der Waals surface area contributed by atoms with Crippen molar-refractivity contribution in [2.45, 2.75) is 32.6 Å². The van der Waals surface area contributed by atoms with Crippen molar-refractivity contribution in [3.05, 3.63) is 29.3 Å². The van der Waals surface area contributed by atoms with Crippen molar-refractivity contribution in [2.75, 3.05) is 30.2 Å². The number of carbonyl (C=O) groups is 4. The number of imide groups is 2. The molecule has 2 heterocycles. The number of rotatable bonds is 7. The van der Waals surface area contributed by atoms with E-state index in [-0.39, 0.29) is 12.1 Å². The lowest BCUT2D eigenvalue weighted by Gasteiger charge is -2.29. The molecule has 0 radical (unpaired) electrons. The minimum atomic E-state index is -3.42. The van der Waals surface area contributed by atoms with Gasteiger partial charge in [-0.05, 0) is 43.0 Å². The monoisotopic (exact) mass is 421 g/mol. The van der Waals surface area contributed by atoms with Crippen LogP contribution in [0.15, 0.2) is 18.2 Å². The molecule has 0 spiro atoms. The Hall–Kier alpha value is -2.75. The van der Waals surface area contributed by atoms with Crippen LogP contribution in [0.2, 0.25) is 0 Å². The maximum atomic E-state index is 12.7. The third-order valence-electron chi connectivity index (χ3n) is 5.05. The van der Waals surface area contributed by atoms with Crippen molar-refractivity contribution in [3.8, 4) is 0 Å². The third kappa shape index (κ3) is 4.02. The Morgan fingerprint density at radius 3 is 2.45 bits per heavy atom. The first-order chi connectivity index (χ1) is 13.6. The third-order valence-corrected chi connectivity index (χ3v) is 6.23. The van der Waals surface area contributed by atoms with E-state index in [2.05, 4.69) is 0 Å². The van der Waals surface area contributed by atoms with Crippen LogP contribution in [0.5, 0.6) is 0 Å². The van der Waals surface area contributed by atoms with Gasteiger partial charge in [-0.15, -0.1) is 0 Å². The number of fused-ring (bicyclic) bond motifs is 1. The second-order valence-corrected chi connectivity index (χ2v) is 9.10. The van der Waals surface area contributed by atoms with Gasteiger partial charge in [-0.25, -0.2) is 18.1 Å². The molecule has 1 fully saturated rings. The lowest BCUT2D eigenvalue weighted by atomic mass is 9.99. The van der Waals surface area contributed by atoms with Crippen molar-refractivity contribution in [1.82, 2.24) is 9.80 Å². The highest BCUT2D eigenvalue weighted by molar-refractivity contribution is 7.92. The summed E-state index contributed by atoms with van der Waals surface area (Å²) in [5.74, 6) is -2.40. The van der Waals surface area contributed by atoms with Crippen LogP contribution in [-0.4, -0.2) is 67.7 Å². The van der Waals surface area contributed by atoms with Gasteiger partial charge in [0.1, 0.15) is 0 Å². The molecule has 0 aliphatic carbocycles. The Morgan fingerprint density at radius 1 is 1.10 bits per heavy atom. The van der Waals surface area contributed by atoms with Gasteiger partial charge in [0.25, 0.3) is 0 Å². The van der Waals surface area contributed by atoms with E-state index in [0.717, 1.165) is 17.6 Å². The molecule has 0 N–H and O–H groups in total. The Balaban J connectivity index is 1.79. The highest BCUT2D eigenvalue weighted by Gasteiger charge is 2.44. The SMILES string of the molecule is CCCCN1C(=O)C(=O)N(CC(=O)c2ccc3c(c2)CCCN3S(C)(=O)=O)C1=O. The zero-order valence-electron chi connectivity index (χ0n) is 16.4. The van der Waals surface area contributed by atoms with Crippen molar-refractivity contribution in [3.63, 3.8) is 0 Å². The van der Waals surface area contributed by atoms with Crippen LogP contribution >= 0.6 is 0 Å². The summed E-state index contributed by atoms with van der Waals surface area (Å²) in [7, 11) is -3.42. The van der Waals surface area contributed by atoms with Crippen LogP contribution in [-0.2, 0) is 26.0 Å². The number of carbonyl (C=O) groups excluding carboxylic acids is 4. The predicted octanol–water partition coefficient (Wildman–Crippen LogP) is 1.17. The number of urea groups is 1. The molecule has 3 rings (SSSR count). The number of unbranched alkanes of at least 4 members (excludes halogenated alkanes) is 1. The van der Waals surface area contributed by atoms with Crippen molar-refractivity contribution in [2.24, 2.45) is 0 Å². The van der Waals surface area contributed by atoms with Gasteiger partial charge in [-0.1, -0.05) is 13.3 Å². The van der Waals surface area contributed by atoms with Gasteiger partial charge in [-0.3, -0.25) is 23.6 Å². The van der Waals surface area contributed by atoms with Crippen LogP contribution in [0.4, 0.5) is 10.5 Å². The number of amides is 4. The number of aryl methyl sites for hydroxylation is 1. The number of hydrogen-bond acceptors (Lipinski definition) is 6. The quantitative estimate of drug-likeness (QED) is 0.371. The number of sulfonamides is 1. The van der Waals surface area contributed by atoms with Crippen molar-refractivity contribution in [1.29, 1.82) is 0 Å². The van der Waals surface area contributed by atoms with Crippen LogP contribution < -0.4 is 4.31 Å². The number of nitrogens with zero attached hydrogens (tertiary/aromatic N) is 3. The normalized spacial score (nSPS) is 17.2. The molecule has 9 nitrogen and oxygen atoms in total. The Morgan fingerprint density at radius 2 is 1.79 bits per heavy atom. The lowest BCUT2D eigenvalue weighted by molar-refractivity contribution is -0.143. The highest BCUT2D eigenvalue weighted by atomic mass is 32.2. The lowest BCUT2D eigenvalue weighted by Crippen LogP contribution is -2.37. The number of ketones is 1. The first-order valence-electron chi connectivity index (χ1n) is 9.46. The van der Waals surface area contributed by atoms with E-state index in [1.165, 1.54) is 10.4 Å². The molecule has 0 saturated carbocycles. The molecular formula is C19H23N3O6S. The van der Waals surface area contributed by atoms with Crippen LogP contribution in [0, 0.1) is 0 Å². The van der Waals surface area contributed by atoms with Crippen LogP contribution in [0.25, 0.3) is 0 Å². The summed E-state index contributed by atoms with van der Waals surface area (Å²) in [6.07, 6.45) is 3.71. The van der Waals surface area contributed by atoms with Crippen LogP contribution in [0.1, 0.15) is 42.1 Å². The molecule has 2 aliphatic heterocycles. The first-order valence-corrected chi connectivity index (χ1v) is 11.3. The summed E-state index contributed by atoms with van der Waals surface area (Å²) in [4.78, 5) is 50.7. The summed E-state index contributed by atoms with van der Waals surface area (Å²) >= 11 is 0. The van der Waals surface area contributed by atoms with Gasteiger partial charge in [-0.2, -0.15) is 0 Å². The molecular weight excluding hydrogens is 398 g/mol. The molecule has 29 heavy (non-hydrogen) atoms. The van der Waals surface area contributed by atoms with Gasteiger partial charge in [0.15, 0.2) is 5.78 Å². The largest absolute Gasteiger partial charge is 0.334 e. The Kier molecular flexibility index (Phi) is 5.74. The average molecular weight is 421 g/mol. The minimum absolute atomic E-state index is 0.144. The van der Waals surface area contributed by atoms with Gasteiger partial charge in [0.05, 0.1) is 18.5 Å². The molecule has 2 aliphatic rings. The fourth-order valence-corrected chi connectivity index (χ4v) is 4.51. The standard InChI is InChI=1S/C19H23N3O6S/c1-3-4-9-20-17(24)18(25)21(19(20)26)12-16(23)14-7-8-15-13(11-14)6-5-10-22(15)29(2,27)28/h7-8,11H,3-6,9-10,12H2,1-2H3. The second kappa shape index (κ2) is 7.94. The zero-order valence-corrected chi connectivity index (χ0v) is 17.2. The number of hydrogen-bond donors (Lipinski definition) is 0. The zero-order chi connectivity index (χ0) is 21.3. The summed E-state index contributed by atoms with van der Waals surface area (Å²) < 4.78 is 25.2. The van der Waals surface area contributed by atoms with E-state index >= 15 is 0 Å². The van der Waals surface area contributed by atoms with Crippen LogP contribution in [0.3, 0.4) is 0 Å². The molecule has 0 aromatic heterocycles. The fourth-order valence-electron chi connectivity index (χ4n) is 3.52. The average Bonchev–Trinajstić information content (AvgIpc) is 2.88. The number of Topliss-reactive ketones (excluding diaryl/α,β-unsaturated/α-hetero) is 1. The maximum absolute atomic E-state index is 12.7. The van der Waals surface area contributed by atoms with E-state index in [1.54, 1.807) is 12.1 Å². The summed E-state index contributed by atoms with van der Waals surface area (Å²) in [6, 6.07) is 3.86. The van der Waals surface area contributed by atoms with Gasteiger partial charge in [0.2, 0.25) is 10.0 Å². The summed E-state index contributed by atoms with van der Waals surface area (Å²) in [6.45, 7) is 1.89. The molecule has 4 amide bonds. The molecule has 0 atom stereocenters. The topological polar surface area (TPSA) is 112 Å². The Bertz CT molecular complexity index is 988. The Labute approximate surface area is 169 Å². The number of benzene rings is 1. The van der Waals surface area contributed by atoms with E-state index < -0.39 is 40.2 Å². The molecule has 156 valence electrons. The molecule has 1 aromatic carbocycles. The maximum Gasteiger partial charge on any atom is 0.334 e. The van der Waals surface area contributed by atoms with E-state index in [4.69, 9.17) is 0 Å². The van der Waals surface area contributed by atoms with E-state index in [0.29, 0.717) is 42.0 Å². The van der Waals surface area contributed by atoms with E-state index in [1.807, 2.05) is 6.92 Å². The van der Waals surface area contributed by atoms with Gasteiger partial charge in [0, 0.05) is 18.7 Å². The molecule has 0 unspecified atom stereocenters. The van der Waals surface area contributed by atoms with Gasteiger partial charge < -0.3 is 0 Å². The minimum Gasteiger partial charge on any atom is -0.292 e. The molecule has 1 saturated heterocycles. The van der Waals surface area contributed by atoms with Crippen molar-refractivity contribution >= 4 is 39.3 Å².